The maximum absolute atomic E-state index is 12.6. The van der Waals surface area contributed by atoms with Crippen LogP contribution in [0.3, 0.4) is 0 Å². The smallest absolute Gasteiger partial charge is 0.338 e. The SMILES string of the molecule is CN(C(=O)COC(=O)c1ccc(-n2cncn2)cc1)[C@H]1CCCc2ccccc21. The highest BCUT2D eigenvalue weighted by Gasteiger charge is 2.27. The first-order chi connectivity index (χ1) is 14.1. The first-order valence-corrected chi connectivity index (χ1v) is 9.59. The Balaban J connectivity index is 1.36. The monoisotopic (exact) mass is 390 g/mol. The minimum absolute atomic E-state index is 0.0214. The molecule has 0 bridgehead atoms. The lowest BCUT2D eigenvalue weighted by atomic mass is 9.87. The second kappa shape index (κ2) is 8.26. The van der Waals surface area contributed by atoms with Crippen molar-refractivity contribution in [1.29, 1.82) is 0 Å². The molecule has 1 aliphatic rings. The van der Waals surface area contributed by atoms with Crippen LogP contribution in [0, 0.1) is 0 Å². The summed E-state index contributed by atoms with van der Waals surface area (Å²) in [5, 5.41) is 4.04. The summed E-state index contributed by atoms with van der Waals surface area (Å²) in [4.78, 5) is 30.5. The van der Waals surface area contributed by atoms with Crippen molar-refractivity contribution in [3.05, 3.63) is 77.9 Å². The lowest BCUT2D eigenvalue weighted by molar-refractivity contribution is -0.135. The summed E-state index contributed by atoms with van der Waals surface area (Å²) in [7, 11) is 1.77. The van der Waals surface area contributed by atoms with Crippen LogP contribution in [0.2, 0.25) is 0 Å². The predicted octanol–water partition coefficient (Wildman–Crippen LogP) is 2.96. The van der Waals surface area contributed by atoms with Gasteiger partial charge in [-0.1, -0.05) is 24.3 Å². The highest BCUT2D eigenvalue weighted by molar-refractivity contribution is 5.91. The molecule has 0 saturated carbocycles. The van der Waals surface area contributed by atoms with Gasteiger partial charge in [0, 0.05) is 7.05 Å². The molecule has 148 valence electrons. The van der Waals surface area contributed by atoms with Crippen LogP contribution in [0.4, 0.5) is 0 Å². The number of fused-ring (bicyclic) bond motifs is 1. The van der Waals surface area contributed by atoms with E-state index in [0.717, 1.165) is 24.9 Å². The van der Waals surface area contributed by atoms with Crippen molar-refractivity contribution in [3.63, 3.8) is 0 Å². The second-order valence-corrected chi connectivity index (χ2v) is 7.07. The number of hydrogen-bond acceptors (Lipinski definition) is 5. The van der Waals surface area contributed by atoms with Crippen molar-refractivity contribution in [2.24, 2.45) is 0 Å². The number of ether oxygens (including phenoxy) is 1. The number of amides is 1. The fraction of sp³-hybridized carbons (Fsp3) is 0.273. The van der Waals surface area contributed by atoms with E-state index in [1.54, 1.807) is 47.2 Å². The van der Waals surface area contributed by atoms with Crippen LogP contribution in [0.1, 0.15) is 40.4 Å². The summed E-state index contributed by atoms with van der Waals surface area (Å²) >= 11 is 0. The maximum Gasteiger partial charge on any atom is 0.338 e. The molecule has 7 heteroatoms. The van der Waals surface area contributed by atoms with Gasteiger partial charge >= 0.3 is 5.97 Å². The molecule has 0 aliphatic heterocycles. The van der Waals surface area contributed by atoms with Crippen molar-refractivity contribution in [3.8, 4) is 5.69 Å². The van der Waals surface area contributed by atoms with Crippen molar-refractivity contribution >= 4 is 11.9 Å². The summed E-state index contributed by atoms with van der Waals surface area (Å²) in [5.41, 5.74) is 3.63. The molecule has 7 nitrogen and oxygen atoms in total. The molecule has 0 spiro atoms. The zero-order valence-electron chi connectivity index (χ0n) is 16.2. The molecule has 1 aromatic heterocycles. The number of rotatable bonds is 5. The van der Waals surface area contributed by atoms with E-state index in [1.165, 1.54) is 17.5 Å². The molecular weight excluding hydrogens is 368 g/mol. The molecule has 0 fully saturated rings. The van der Waals surface area contributed by atoms with Gasteiger partial charge in [0.15, 0.2) is 6.61 Å². The summed E-state index contributed by atoms with van der Waals surface area (Å²) in [6.45, 7) is -0.279. The molecule has 1 atom stereocenters. The van der Waals surface area contributed by atoms with Crippen LogP contribution in [0.25, 0.3) is 5.69 Å². The zero-order chi connectivity index (χ0) is 20.2. The van der Waals surface area contributed by atoms with E-state index in [-0.39, 0.29) is 18.6 Å². The lowest BCUT2D eigenvalue weighted by Crippen LogP contribution is -2.36. The van der Waals surface area contributed by atoms with Crippen LogP contribution < -0.4 is 0 Å². The largest absolute Gasteiger partial charge is 0.452 e. The number of benzene rings is 2. The molecule has 0 saturated heterocycles. The van der Waals surface area contributed by atoms with Gasteiger partial charge in [-0.3, -0.25) is 4.79 Å². The minimum atomic E-state index is -0.527. The first-order valence-electron chi connectivity index (χ1n) is 9.59. The average Bonchev–Trinajstić information content (AvgIpc) is 3.31. The predicted molar refractivity (Wildman–Crippen MR) is 107 cm³/mol. The zero-order valence-corrected chi connectivity index (χ0v) is 16.2. The lowest BCUT2D eigenvalue weighted by Gasteiger charge is -2.33. The summed E-state index contributed by atoms with van der Waals surface area (Å²) < 4.78 is 6.85. The second-order valence-electron chi connectivity index (χ2n) is 7.07. The van der Waals surface area contributed by atoms with E-state index in [9.17, 15) is 9.59 Å². The highest BCUT2D eigenvalue weighted by Crippen LogP contribution is 2.33. The van der Waals surface area contributed by atoms with Gasteiger partial charge in [0.1, 0.15) is 12.7 Å². The topological polar surface area (TPSA) is 77.3 Å². The molecule has 4 rings (SSSR count). The molecule has 1 aliphatic carbocycles. The van der Waals surface area contributed by atoms with E-state index >= 15 is 0 Å². The van der Waals surface area contributed by atoms with Gasteiger partial charge in [0.05, 0.1) is 17.3 Å². The average molecular weight is 390 g/mol. The Labute approximate surface area is 168 Å². The van der Waals surface area contributed by atoms with Gasteiger partial charge in [-0.05, 0) is 54.7 Å². The van der Waals surface area contributed by atoms with Gasteiger partial charge in [-0.15, -0.1) is 0 Å². The fourth-order valence-corrected chi connectivity index (χ4v) is 3.71. The van der Waals surface area contributed by atoms with Gasteiger partial charge in [-0.2, -0.15) is 5.10 Å². The third-order valence-electron chi connectivity index (χ3n) is 5.31. The number of hydrogen-bond donors (Lipinski definition) is 0. The number of likely N-dealkylation sites (N-methyl/N-ethyl adjacent to an activating group) is 1. The molecule has 0 unspecified atom stereocenters. The Kier molecular flexibility index (Phi) is 5.37. The molecule has 1 heterocycles. The fourth-order valence-electron chi connectivity index (χ4n) is 3.71. The van der Waals surface area contributed by atoms with Gasteiger partial charge in [-0.25, -0.2) is 14.5 Å². The van der Waals surface area contributed by atoms with Crippen molar-refractivity contribution in [1.82, 2.24) is 19.7 Å². The van der Waals surface area contributed by atoms with Crippen molar-refractivity contribution in [2.45, 2.75) is 25.3 Å². The molecule has 2 aromatic carbocycles. The van der Waals surface area contributed by atoms with Crippen LogP contribution >= 0.6 is 0 Å². The highest BCUT2D eigenvalue weighted by atomic mass is 16.5. The molecule has 0 radical (unpaired) electrons. The Morgan fingerprint density at radius 2 is 1.97 bits per heavy atom. The number of esters is 1. The molecular formula is C22H22N4O3. The van der Waals surface area contributed by atoms with E-state index in [4.69, 9.17) is 4.74 Å². The maximum atomic E-state index is 12.6. The molecule has 0 N–H and O–H groups in total. The van der Waals surface area contributed by atoms with Crippen LogP contribution in [0.15, 0.2) is 61.2 Å². The first kappa shape index (κ1) is 18.9. The Morgan fingerprint density at radius 3 is 2.72 bits per heavy atom. The molecule has 29 heavy (non-hydrogen) atoms. The summed E-state index contributed by atoms with van der Waals surface area (Å²) in [5.74, 6) is -0.736. The Hall–Kier alpha value is -3.48. The van der Waals surface area contributed by atoms with Gasteiger partial charge in [0.25, 0.3) is 5.91 Å². The number of carbonyl (C=O) groups excluding carboxylic acids is 2. The van der Waals surface area contributed by atoms with Crippen molar-refractivity contribution < 1.29 is 14.3 Å². The Bertz CT molecular complexity index is 999. The van der Waals surface area contributed by atoms with Crippen LogP contribution in [-0.4, -0.2) is 45.2 Å². The number of nitrogens with zero attached hydrogens (tertiary/aromatic N) is 4. The van der Waals surface area contributed by atoms with Gasteiger partial charge in [0.2, 0.25) is 0 Å². The Morgan fingerprint density at radius 1 is 1.17 bits per heavy atom. The number of aromatic nitrogens is 3. The summed E-state index contributed by atoms with van der Waals surface area (Å²) in [6, 6.07) is 15.0. The number of aryl methyl sites for hydroxylation is 1. The minimum Gasteiger partial charge on any atom is -0.452 e. The van der Waals surface area contributed by atoms with Gasteiger partial charge < -0.3 is 9.64 Å². The standard InChI is InChI=1S/C22H22N4O3/c1-25(20-8-4-6-16-5-2-3-7-19(16)20)21(27)13-29-22(28)17-9-11-18(12-10-17)26-15-23-14-24-26/h2-3,5,7,9-12,14-15,20H,4,6,8,13H2,1H3/t20-/m0/s1. The molecule has 3 aromatic rings. The van der Waals surface area contributed by atoms with Crippen LogP contribution in [0.5, 0.6) is 0 Å². The van der Waals surface area contributed by atoms with E-state index in [1.807, 2.05) is 12.1 Å². The third kappa shape index (κ3) is 4.03. The van der Waals surface area contributed by atoms with Crippen LogP contribution in [-0.2, 0) is 16.0 Å². The van der Waals surface area contributed by atoms with E-state index < -0.39 is 5.97 Å². The van der Waals surface area contributed by atoms with E-state index in [0.29, 0.717) is 5.56 Å². The summed E-state index contributed by atoms with van der Waals surface area (Å²) in [6.07, 6.45) is 6.00. The number of carbonyl (C=O) groups is 2. The third-order valence-corrected chi connectivity index (χ3v) is 5.31. The quantitative estimate of drug-likeness (QED) is 0.626. The van der Waals surface area contributed by atoms with Crippen molar-refractivity contribution in [2.75, 3.05) is 13.7 Å². The normalized spacial score (nSPS) is 15.4. The molecule has 1 amide bonds. The van der Waals surface area contributed by atoms with E-state index in [2.05, 4.69) is 22.2 Å².